The van der Waals surface area contributed by atoms with Crippen molar-refractivity contribution >= 4 is 9.84 Å². The fraction of sp³-hybridized carbons (Fsp3) is 0.438. The third-order valence-corrected chi connectivity index (χ3v) is 4.48. The summed E-state index contributed by atoms with van der Waals surface area (Å²) >= 11 is 0. The molecule has 1 aromatic carbocycles. The molecule has 0 saturated heterocycles. The zero-order valence-corrected chi connectivity index (χ0v) is 14.3. The van der Waals surface area contributed by atoms with E-state index in [1.54, 1.807) is 30.5 Å². The van der Waals surface area contributed by atoms with E-state index in [2.05, 4.69) is 17.3 Å². The molecule has 0 fully saturated rings. The number of hydrogen-bond acceptors (Lipinski definition) is 5. The van der Waals surface area contributed by atoms with Crippen LogP contribution in [0.4, 0.5) is 0 Å². The van der Waals surface area contributed by atoms with E-state index in [1.807, 2.05) is 16.9 Å². The highest BCUT2D eigenvalue weighted by Crippen LogP contribution is 2.15. The second kappa shape index (κ2) is 8.12. The van der Waals surface area contributed by atoms with Crippen LogP contribution in [-0.4, -0.2) is 43.6 Å². The molecule has 0 saturated carbocycles. The molecule has 1 N–H and O–H groups in total. The van der Waals surface area contributed by atoms with Gasteiger partial charge in [0.05, 0.1) is 18.0 Å². The number of rotatable bonds is 9. The molecule has 2 rings (SSSR count). The Balaban J connectivity index is 1.63. The minimum Gasteiger partial charge on any atom is -0.494 e. The topological polar surface area (TPSA) is 73.2 Å². The molecule has 0 aliphatic heterocycles. The summed E-state index contributed by atoms with van der Waals surface area (Å²) in [5, 5.41) is 7.59. The number of aromatic nitrogens is 2. The molecular formula is C16H23N3O3S. The third-order valence-electron chi connectivity index (χ3n) is 3.35. The maximum atomic E-state index is 11.4. The van der Waals surface area contributed by atoms with E-state index in [0.717, 1.165) is 19.5 Å². The Labute approximate surface area is 137 Å². The van der Waals surface area contributed by atoms with E-state index in [9.17, 15) is 8.42 Å². The van der Waals surface area contributed by atoms with Crippen molar-refractivity contribution in [1.29, 1.82) is 0 Å². The molecule has 23 heavy (non-hydrogen) atoms. The Morgan fingerprint density at radius 1 is 1.30 bits per heavy atom. The van der Waals surface area contributed by atoms with Crippen LogP contribution in [-0.2, 0) is 16.4 Å². The fourth-order valence-corrected chi connectivity index (χ4v) is 2.78. The number of hydrogen-bond donors (Lipinski definition) is 1. The lowest BCUT2D eigenvalue weighted by Gasteiger charge is -2.14. The van der Waals surface area contributed by atoms with E-state index in [4.69, 9.17) is 4.74 Å². The number of ether oxygens (including phenoxy) is 1. The average Bonchev–Trinajstić information content (AvgIpc) is 2.99. The largest absolute Gasteiger partial charge is 0.494 e. The van der Waals surface area contributed by atoms with Gasteiger partial charge in [0.1, 0.15) is 5.75 Å². The first-order valence-electron chi connectivity index (χ1n) is 7.59. The normalized spacial score (nSPS) is 13.0. The van der Waals surface area contributed by atoms with Gasteiger partial charge in [-0.25, -0.2) is 8.42 Å². The maximum Gasteiger partial charge on any atom is 0.175 e. The lowest BCUT2D eigenvalue weighted by atomic mass is 10.3. The summed E-state index contributed by atoms with van der Waals surface area (Å²) in [6.45, 7) is 4.39. The van der Waals surface area contributed by atoms with Gasteiger partial charge in [0.15, 0.2) is 9.84 Å². The van der Waals surface area contributed by atoms with Gasteiger partial charge in [0, 0.05) is 24.7 Å². The number of nitrogens with one attached hydrogen (secondary N) is 1. The van der Waals surface area contributed by atoms with Crippen LogP contribution < -0.4 is 10.1 Å². The lowest BCUT2D eigenvalue weighted by Crippen LogP contribution is -2.32. The zero-order chi connectivity index (χ0) is 16.7. The molecule has 0 aliphatic carbocycles. The van der Waals surface area contributed by atoms with Gasteiger partial charge >= 0.3 is 0 Å². The molecule has 0 spiro atoms. The minimum atomic E-state index is -3.15. The smallest absolute Gasteiger partial charge is 0.175 e. The molecule has 6 nitrogen and oxygen atoms in total. The quantitative estimate of drug-likeness (QED) is 0.706. The standard InChI is InChI=1S/C16H23N3O3S/c1-14(13-19-11-3-10-18-19)17-9-4-12-22-15-5-7-16(8-6-15)23(2,20)21/h3,5-8,10-11,14,17H,4,9,12-13H2,1-2H3. The van der Waals surface area contributed by atoms with Crippen molar-refractivity contribution in [3.8, 4) is 5.75 Å². The van der Waals surface area contributed by atoms with Gasteiger partial charge < -0.3 is 10.1 Å². The van der Waals surface area contributed by atoms with Crippen molar-refractivity contribution in [1.82, 2.24) is 15.1 Å². The Kier molecular flexibility index (Phi) is 6.18. The molecule has 0 radical (unpaired) electrons. The van der Waals surface area contributed by atoms with Crippen LogP contribution in [0.25, 0.3) is 0 Å². The van der Waals surface area contributed by atoms with Crippen molar-refractivity contribution in [3.05, 3.63) is 42.7 Å². The molecule has 0 bridgehead atoms. The molecule has 126 valence electrons. The molecule has 1 heterocycles. The number of nitrogens with zero attached hydrogens (tertiary/aromatic N) is 2. The second-order valence-electron chi connectivity index (χ2n) is 5.53. The van der Waals surface area contributed by atoms with Gasteiger partial charge in [-0.05, 0) is 50.2 Å². The SMILES string of the molecule is CC(Cn1cccn1)NCCCOc1ccc(S(C)(=O)=O)cc1. The highest BCUT2D eigenvalue weighted by molar-refractivity contribution is 7.90. The summed E-state index contributed by atoms with van der Waals surface area (Å²) in [5.41, 5.74) is 0. The van der Waals surface area contributed by atoms with Crippen molar-refractivity contribution < 1.29 is 13.2 Å². The third kappa shape index (κ3) is 6.03. The first-order valence-corrected chi connectivity index (χ1v) is 9.48. The van der Waals surface area contributed by atoms with E-state index < -0.39 is 9.84 Å². The Bertz CT molecular complexity index is 682. The van der Waals surface area contributed by atoms with Gasteiger partial charge in [-0.2, -0.15) is 5.10 Å². The molecule has 1 atom stereocenters. The Hall–Kier alpha value is -1.86. The van der Waals surface area contributed by atoms with Gasteiger partial charge in [0.25, 0.3) is 0 Å². The molecule has 0 amide bonds. The lowest BCUT2D eigenvalue weighted by molar-refractivity contribution is 0.303. The van der Waals surface area contributed by atoms with E-state index in [0.29, 0.717) is 23.3 Å². The van der Waals surface area contributed by atoms with Crippen LogP contribution in [0, 0.1) is 0 Å². The monoisotopic (exact) mass is 337 g/mol. The molecule has 0 aliphatic rings. The van der Waals surface area contributed by atoms with Crippen LogP contribution in [0.2, 0.25) is 0 Å². The second-order valence-corrected chi connectivity index (χ2v) is 7.54. The summed E-state index contributed by atoms with van der Waals surface area (Å²) in [5.74, 6) is 0.682. The zero-order valence-electron chi connectivity index (χ0n) is 13.5. The highest BCUT2D eigenvalue weighted by atomic mass is 32.2. The van der Waals surface area contributed by atoms with E-state index in [-0.39, 0.29) is 0 Å². The van der Waals surface area contributed by atoms with Gasteiger partial charge in [-0.15, -0.1) is 0 Å². The maximum absolute atomic E-state index is 11.4. The van der Waals surface area contributed by atoms with Crippen LogP contribution in [0.1, 0.15) is 13.3 Å². The summed E-state index contributed by atoms with van der Waals surface area (Å²) < 4.78 is 30.2. The number of benzene rings is 1. The highest BCUT2D eigenvalue weighted by Gasteiger charge is 2.06. The van der Waals surface area contributed by atoms with Crippen LogP contribution in [0.5, 0.6) is 5.75 Å². The molecular weight excluding hydrogens is 314 g/mol. The average molecular weight is 337 g/mol. The predicted octanol–water partition coefficient (Wildman–Crippen LogP) is 1.73. The van der Waals surface area contributed by atoms with Crippen molar-refractivity contribution in [3.63, 3.8) is 0 Å². The van der Waals surface area contributed by atoms with Gasteiger partial charge in [0.2, 0.25) is 0 Å². The fourth-order valence-electron chi connectivity index (χ4n) is 2.15. The molecule has 1 unspecified atom stereocenters. The van der Waals surface area contributed by atoms with Crippen LogP contribution in [0.3, 0.4) is 0 Å². The summed E-state index contributed by atoms with van der Waals surface area (Å²) in [6.07, 6.45) is 5.79. The van der Waals surface area contributed by atoms with Crippen molar-refractivity contribution in [2.75, 3.05) is 19.4 Å². The van der Waals surface area contributed by atoms with E-state index >= 15 is 0 Å². The van der Waals surface area contributed by atoms with Crippen LogP contribution >= 0.6 is 0 Å². The molecule has 2 aromatic rings. The van der Waals surface area contributed by atoms with E-state index in [1.165, 1.54) is 6.26 Å². The summed E-state index contributed by atoms with van der Waals surface area (Å²) in [6, 6.07) is 8.75. The van der Waals surface area contributed by atoms with Crippen molar-refractivity contribution in [2.45, 2.75) is 30.8 Å². The summed E-state index contributed by atoms with van der Waals surface area (Å²) in [7, 11) is -3.15. The predicted molar refractivity (Wildman–Crippen MR) is 89.4 cm³/mol. The number of sulfone groups is 1. The van der Waals surface area contributed by atoms with Crippen LogP contribution in [0.15, 0.2) is 47.6 Å². The Morgan fingerprint density at radius 3 is 2.65 bits per heavy atom. The first-order chi connectivity index (χ1) is 10.9. The summed E-state index contributed by atoms with van der Waals surface area (Å²) in [4.78, 5) is 0.305. The molecule has 1 aromatic heterocycles. The van der Waals surface area contributed by atoms with Crippen molar-refractivity contribution in [2.24, 2.45) is 0 Å². The molecule has 7 heteroatoms. The Morgan fingerprint density at radius 2 is 2.04 bits per heavy atom. The van der Waals surface area contributed by atoms with Gasteiger partial charge in [-0.3, -0.25) is 4.68 Å². The first kappa shape index (κ1) is 17.5. The van der Waals surface area contributed by atoms with Gasteiger partial charge in [-0.1, -0.05) is 0 Å². The minimum absolute atomic E-state index is 0.305.